The number of rotatable bonds is 8. The molecule has 0 bridgehead atoms. The van der Waals surface area contributed by atoms with Gasteiger partial charge in [-0.25, -0.2) is 45.3 Å². The number of ether oxygens (including phenoxy) is 3. The number of anilines is 1. The molecular weight excluding hydrogens is 823 g/mol. The summed E-state index contributed by atoms with van der Waals surface area (Å²) < 4.78 is 106. The third-order valence-electron chi connectivity index (χ3n) is 9.44. The van der Waals surface area contributed by atoms with Crippen LogP contribution in [0.3, 0.4) is 0 Å². The zero-order valence-electron chi connectivity index (χ0n) is 36.2. The highest BCUT2D eigenvalue weighted by molar-refractivity contribution is 7.90. The molecule has 2 aromatic heterocycles. The summed E-state index contributed by atoms with van der Waals surface area (Å²) in [6.07, 6.45) is 0.740. The predicted molar refractivity (Wildman–Crippen MR) is 220 cm³/mol. The molecule has 1 fully saturated rings. The highest BCUT2D eigenvalue weighted by atomic mass is 32.2. The van der Waals surface area contributed by atoms with Gasteiger partial charge in [0.05, 0.1) is 16.7 Å². The van der Waals surface area contributed by atoms with E-state index in [-0.39, 0.29) is 28.9 Å². The number of carbonyl (C=O) groups excluding carboxylic acids is 3. The third kappa shape index (κ3) is 11.2. The first kappa shape index (κ1) is 46.8. The molecule has 0 spiro atoms. The lowest BCUT2D eigenvalue weighted by Crippen LogP contribution is -2.44. The van der Waals surface area contributed by atoms with Crippen molar-refractivity contribution in [1.82, 2.24) is 20.1 Å². The number of nitrogens with zero attached hydrogens (tertiary/aromatic N) is 4. The van der Waals surface area contributed by atoms with E-state index in [0.29, 0.717) is 65.9 Å². The van der Waals surface area contributed by atoms with Crippen molar-refractivity contribution < 1.29 is 54.6 Å². The van der Waals surface area contributed by atoms with Crippen LogP contribution in [0.15, 0.2) is 41.4 Å². The molecule has 1 aliphatic rings. The number of benzene rings is 2. The molecule has 1 N–H and O–H groups in total. The second-order valence-corrected chi connectivity index (χ2v) is 20.4. The summed E-state index contributed by atoms with van der Waals surface area (Å²) in [7, 11) is -4.72. The second-order valence-electron chi connectivity index (χ2n) is 18.4. The van der Waals surface area contributed by atoms with Crippen molar-refractivity contribution in [1.29, 1.82) is 0 Å². The number of alkyl carbamates (subject to hydrolysis) is 1. The molecule has 2 aromatic carbocycles. The number of hydrogen-bond donors (Lipinski definition) is 1. The average molecular weight is 876 g/mol. The van der Waals surface area contributed by atoms with Gasteiger partial charge in [-0.05, 0) is 144 Å². The summed E-state index contributed by atoms with van der Waals surface area (Å²) in [5, 5.41) is 7.62. The summed E-state index contributed by atoms with van der Waals surface area (Å²) in [6.45, 7) is 18.4. The number of hydrogen-bond acceptors (Lipinski definition) is 10. The highest BCUT2D eigenvalue weighted by Crippen LogP contribution is 2.44. The van der Waals surface area contributed by atoms with Crippen molar-refractivity contribution in [3.63, 3.8) is 0 Å². The Morgan fingerprint density at radius 2 is 1.39 bits per heavy atom. The number of sulfone groups is 1. The molecule has 0 radical (unpaired) electrons. The first-order chi connectivity index (χ1) is 28.0. The van der Waals surface area contributed by atoms with E-state index in [1.54, 1.807) is 80.8 Å². The van der Waals surface area contributed by atoms with Gasteiger partial charge in [-0.15, -0.1) is 0 Å². The van der Waals surface area contributed by atoms with Crippen LogP contribution in [-0.4, -0.2) is 64.3 Å². The summed E-state index contributed by atoms with van der Waals surface area (Å²) in [6, 6.07) is 2.47. The molecule has 1 aliphatic carbocycles. The standard InChI is InChI=1S/C43H53F4N5O8S/c1-23(2)52-36-29(24-12-15-27(16-13-24)49-38(53)58-41(3,4)5)21-48-37(51(39(54)59-42(6,7)8)40(55)60-43(9,10)11)34(36)35(50-52)28-20-31(46)25(18-32(28)47)22-61(56,57)33-19-26(44)14-17-30(33)45/h14,17-21,23-24,27H,12-13,15-16,22H2,1-11H3,(H,49,53). The molecule has 2 heterocycles. The molecule has 13 nitrogen and oxygen atoms in total. The Morgan fingerprint density at radius 3 is 1.93 bits per heavy atom. The lowest BCUT2D eigenvalue weighted by molar-refractivity contribution is 0.0425. The van der Waals surface area contributed by atoms with E-state index in [1.165, 1.54) is 6.20 Å². The summed E-state index contributed by atoms with van der Waals surface area (Å²) in [5.41, 5.74) is -3.41. The van der Waals surface area contributed by atoms with Crippen molar-refractivity contribution in [2.45, 2.75) is 147 Å². The monoisotopic (exact) mass is 875 g/mol. The van der Waals surface area contributed by atoms with E-state index < -0.39 is 96.0 Å². The fraction of sp³-hybridized carbons (Fsp3) is 0.512. The van der Waals surface area contributed by atoms with Crippen molar-refractivity contribution in [2.75, 3.05) is 4.90 Å². The minimum absolute atomic E-state index is 0.0441. The van der Waals surface area contributed by atoms with E-state index in [2.05, 4.69) is 10.3 Å². The molecule has 5 rings (SSSR count). The molecule has 0 saturated heterocycles. The zero-order valence-corrected chi connectivity index (χ0v) is 37.0. The van der Waals surface area contributed by atoms with Crippen molar-refractivity contribution in [3.05, 3.63) is 70.9 Å². The summed E-state index contributed by atoms with van der Waals surface area (Å²) in [5.74, 6) is -6.50. The van der Waals surface area contributed by atoms with Crippen molar-refractivity contribution in [3.8, 4) is 11.3 Å². The maximum atomic E-state index is 16.6. The number of amides is 3. The Kier molecular flexibility index (Phi) is 13.2. The molecule has 0 atom stereocenters. The minimum Gasteiger partial charge on any atom is -0.444 e. The van der Waals surface area contributed by atoms with Crippen LogP contribution in [-0.2, 0) is 29.8 Å². The fourth-order valence-electron chi connectivity index (χ4n) is 6.97. The van der Waals surface area contributed by atoms with Crippen LogP contribution in [0.5, 0.6) is 0 Å². The van der Waals surface area contributed by atoms with Gasteiger partial charge in [0.25, 0.3) is 0 Å². The van der Waals surface area contributed by atoms with Gasteiger partial charge < -0.3 is 19.5 Å². The Morgan fingerprint density at radius 1 is 0.820 bits per heavy atom. The van der Waals surface area contributed by atoms with Crippen LogP contribution in [0, 0.1) is 23.3 Å². The van der Waals surface area contributed by atoms with Crippen LogP contribution in [0.25, 0.3) is 22.2 Å². The smallest absolute Gasteiger partial charge is 0.425 e. The first-order valence-corrected chi connectivity index (χ1v) is 21.5. The Hall–Kier alpha value is -5.26. The normalized spacial score (nSPS) is 16.4. The Labute approximate surface area is 353 Å². The van der Waals surface area contributed by atoms with Gasteiger partial charge in [-0.1, -0.05) is 0 Å². The number of fused-ring (bicyclic) bond motifs is 1. The third-order valence-corrected chi connectivity index (χ3v) is 11.1. The molecule has 1 saturated carbocycles. The minimum atomic E-state index is -4.72. The maximum Gasteiger partial charge on any atom is 0.425 e. The Bertz CT molecular complexity index is 2420. The topological polar surface area (TPSA) is 159 Å². The molecule has 18 heteroatoms. The molecule has 61 heavy (non-hydrogen) atoms. The number of halogens is 4. The largest absolute Gasteiger partial charge is 0.444 e. The molecule has 332 valence electrons. The molecule has 0 aliphatic heterocycles. The van der Waals surface area contributed by atoms with Gasteiger partial charge in [0.1, 0.15) is 50.7 Å². The van der Waals surface area contributed by atoms with Gasteiger partial charge in [0.2, 0.25) is 0 Å². The van der Waals surface area contributed by atoms with E-state index in [0.717, 1.165) is 6.07 Å². The van der Waals surface area contributed by atoms with Gasteiger partial charge >= 0.3 is 18.3 Å². The first-order valence-electron chi connectivity index (χ1n) is 19.9. The predicted octanol–water partition coefficient (Wildman–Crippen LogP) is 10.4. The maximum absolute atomic E-state index is 16.6. The van der Waals surface area contributed by atoms with Crippen LogP contribution in [0.1, 0.15) is 125 Å². The van der Waals surface area contributed by atoms with E-state index >= 15 is 8.78 Å². The van der Waals surface area contributed by atoms with E-state index in [1.807, 2.05) is 0 Å². The summed E-state index contributed by atoms with van der Waals surface area (Å²) >= 11 is 0. The SMILES string of the molecule is CC(C)n1nc(-c2cc(F)c(CS(=O)(=O)c3cc(F)ccc3F)cc2F)c2c(N(C(=O)OC(C)(C)C)C(=O)OC(C)(C)C)ncc(C3CCC(NC(=O)OC(C)(C)C)CC3)c21. The quantitative estimate of drug-likeness (QED) is 0.133. The van der Waals surface area contributed by atoms with Crippen LogP contribution in [0.2, 0.25) is 0 Å². The summed E-state index contributed by atoms with van der Waals surface area (Å²) in [4.78, 5) is 44.8. The lowest BCUT2D eigenvalue weighted by Gasteiger charge is -2.31. The van der Waals surface area contributed by atoms with Gasteiger partial charge in [0.15, 0.2) is 15.7 Å². The zero-order chi connectivity index (χ0) is 45.6. The molecule has 4 aromatic rings. The highest BCUT2D eigenvalue weighted by Gasteiger charge is 2.39. The number of pyridine rings is 1. The number of imide groups is 1. The number of aromatic nitrogens is 3. The van der Waals surface area contributed by atoms with Gasteiger partial charge in [-0.2, -0.15) is 10.00 Å². The number of carbonyl (C=O) groups is 3. The molecule has 3 amide bonds. The molecule has 0 unspecified atom stereocenters. The van der Waals surface area contributed by atoms with Crippen LogP contribution < -0.4 is 10.2 Å². The Balaban J connectivity index is 1.72. The van der Waals surface area contributed by atoms with Gasteiger partial charge in [0, 0.05) is 29.4 Å². The van der Waals surface area contributed by atoms with Crippen LogP contribution >= 0.6 is 0 Å². The van der Waals surface area contributed by atoms with Crippen LogP contribution in [0.4, 0.5) is 37.8 Å². The van der Waals surface area contributed by atoms with E-state index in [4.69, 9.17) is 19.3 Å². The molecular formula is C43H53F4N5O8S. The lowest BCUT2D eigenvalue weighted by atomic mass is 9.81. The van der Waals surface area contributed by atoms with Gasteiger partial charge in [-0.3, -0.25) is 4.68 Å². The number of nitrogens with one attached hydrogen (secondary N) is 1. The fourth-order valence-corrected chi connectivity index (χ4v) is 8.42. The van der Waals surface area contributed by atoms with Crippen molar-refractivity contribution in [2.24, 2.45) is 0 Å². The second kappa shape index (κ2) is 17.2. The van der Waals surface area contributed by atoms with E-state index in [9.17, 15) is 31.6 Å². The average Bonchev–Trinajstić information content (AvgIpc) is 3.50. The van der Waals surface area contributed by atoms with Crippen molar-refractivity contribution >= 4 is 44.8 Å².